The molecule has 0 amide bonds. The molecular formula is C24H30F3N4O2P. The van der Waals surface area contributed by atoms with Gasteiger partial charge in [0.15, 0.2) is 0 Å². The van der Waals surface area contributed by atoms with Gasteiger partial charge in [0.25, 0.3) is 0 Å². The Labute approximate surface area is 197 Å². The van der Waals surface area contributed by atoms with E-state index >= 15 is 13.2 Å². The molecule has 0 fully saturated rings. The minimum atomic E-state index is -3.79. The number of nitrogens with zero attached hydrogens (tertiary/aromatic N) is 3. The van der Waals surface area contributed by atoms with Gasteiger partial charge in [0.2, 0.25) is 0 Å². The van der Waals surface area contributed by atoms with Crippen LogP contribution in [0, 0.1) is 18.2 Å². The largest absolute Gasteiger partial charge is 0.386 e. The molecule has 2 atom stereocenters. The summed E-state index contributed by atoms with van der Waals surface area (Å²) in [6.45, 7) is 10.9. The Balaban J connectivity index is 2.05. The number of benzene rings is 1. The summed E-state index contributed by atoms with van der Waals surface area (Å²) in [6, 6.07) is 4.61. The zero-order valence-corrected chi connectivity index (χ0v) is 21.2. The average molecular weight is 494 g/mol. The molecular weight excluding hydrogens is 464 g/mol. The van der Waals surface area contributed by atoms with Gasteiger partial charge >= 0.3 is 5.92 Å². The number of alkyl halides is 2. The zero-order valence-electron chi connectivity index (χ0n) is 20.3. The molecule has 0 aliphatic rings. The van der Waals surface area contributed by atoms with Crippen LogP contribution in [0.3, 0.4) is 0 Å². The summed E-state index contributed by atoms with van der Waals surface area (Å²) >= 11 is 0. The predicted molar refractivity (Wildman–Crippen MR) is 129 cm³/mol. The maximum Gasteiger partial charge on any atom is 0.301 e. The first-order chi connectivity index (χ1) is 15.5. The molecule has 34 heavy (non-hydrogen) atoms. The second-order valence-corrected chi connectivity index (χ2v) is 13.2. The molecule has 10 heteroatoms. The van der Waals surface area contributed by atoms with E-state index in [1.807, 2.05) is 0 Å². The van der Waals surface area contributed by atoms with E-state index in [0.29, 0.717) is 28.0 Å². The van der Waals surface area contributed by atoms with Crippen LogP contribution in [-0.2, 0) is 10.5 Å². The molecule has 1 aromatic carbocycles. The lowest BCUT2D eigenvalue weighted by atomic mass is 9.82. The minimum Gasteiger partial charge on any atom is -0.386 e. The molecule has 0 bridgehead atoms. The van der Waals surface area contributed by atoms with E-state index in [0.717, 1.165) is 6.07 Å². The van der Waals surface area contributed by atoms with Crippen LogP contribution in [0.25, 0.3) is 10.9 Å². The van der Waals surface area contributed by atoms with Crippen LogP contribution in [0.2, 0.25) is 0 Å². The number of hydrogen-bond donors (Lipinski definition) is 2. The molecule has 6 nitrogen and oxygen atoms in total. The van der Waals surface area contributed by atoms with E-state index in [4.69, 9.17) is 0 Å². The van der Waals surface area contributed by atoms with Crippen molar-refractivity contribution in [3.8, 4) is 0 Å². The average Bonchev–Trinajstić information content (AvgIpc) is 2.71. The molecule has 2 heterocycles. The molecule has 0 saturated carbocycles. The van der Waals surface area contributed by atoms with Gasteiger partial charge in [0, 0.05) is 10.9 Å². The van der Waals surface area contributed by atoms with Gasteiger partial charge in [-0.25, -0.2) is 14.4 Å². The van der Waals surface area contributed by atoms with Gasteiger partial charge in [-0.05, 0) is 44.7 Å². The molecule has 2 N–H and O–H groups in total. The van der Waals surface area contributed by atoms with Crippen LogP contribution in [-0.4, -0.2) is 39.5 Å². The Bertz CT molecular complexity index is 1270. The van der Waals surface area contributed by atoms with Crippen molar-refractivity contribution in [3.63, 3.8) is 0 Å². The fourth-order valence-electron chi connectivity index (χ4n) is 3.66. The van der Waals surface area contributed by atoms with E-state index < -0.39 is 42.0 Å². The number of aliphatic hydroxyl groups is 1. The van der Waals surface area contributed by atoms with Crippen molar-refractivity contribution in [2.24, 2.45) is 5.41 Å². The molecule has 0 radical (unpaired) electrons. The third-order valence-electron chi connectivity index (χ3n) is 5.60. The van der Waals surface area contributed by atoms with Gasteiger partial charge in [-0.1, -0.05) is 32.9 Å². The van der Waals surface area contributed by atoms with Gasteiger partial charge < -0.3 is 15.0 Å². The SMILES string of the molecule is Cc1nc(NC(C)c2cccc(C(F)(F)C(O)C(C)(C)C)c2F)c2cc(P(C)(C)=O)ncc2n1. The Morgan fingerprint density at radius 2 is 1.79 bits per heavy atom. The van der Waals surface area contributed by atoms with Crippen LogP contribution in [0.15, 0.2) is 30.5 Å². The summed E-state index contributed by atoms with van der Waals surface area (Å²) in [5, 5.41) is 13.8. The highest BCUT2D eigenvalue weighted by Gasteiger charge is 2.48. The number of fused-ring (bicyclic) bond motifs is 1. The van der Waals surface area contributed by atoms with Crippen molar-refractivity contribution < 1.29 is 22.8 Å². The van der Waals surface area contributed by atoms with Crippen molar-refractivity contribution in [3.05, 3.63) is 53.2 Å². The van der Waals surface area contributed by atoms with Gasteiger partial charge in [-0.15, -0.1) is 0 Å². The number of rotatable bonds is 6. The van der Waals surface area contributed by atoms with Crippen LogP contribution < -0.4 is 10.8 Å². The topological polar surface area (TPSA) is 88.0 Å². The zero-order chi connectivity index (χ0) is 25.6. The highest BCUT2D eigenvalue weighted by molar-refractivity contribution is 7.69. The number of aromatic nitrogens is 3. The Morgan fingerprint density at radius 1 is 1.15 bits per heavy atom. The number of pyridine rings is 1. The number of hydrogen-bond acceptors (Lipinski definition) is 6. The molecule has 0 aliphatic heterocycles. The smallest absolute Gasteiger partial charge is 0.301 e. The van der Waals surface area contributed by atoms with Gasteiger partial charge in [-0.2, -0.15) is 8.78 Å². The maximum absolute atomic E-state index is 15.4. The first-order valence-electron chi connectivity index (χ1n) is 10.8. The molecule has 3 rings (SSSR count). The molecule has 0 saturated heterocycles. The van der Waals surface area contributed by atoms with Crippen molar-refractivity contribution in [1.29, 1.82) is 0 Å². The molecule has 0 aliphatic carbocycles. The summed E-state index contributed by atoms with van der Waals surface area (Å²) in [4.78, 5) is 13.0. The third kappa shape index (κ3) is 5.10. The maximum atomic E-state index is 15.4. The molecule has 2 unspecified atom stereocenters. The molecule has 184 valence electrons. The van der Waals surface area contributed by atoms with Crippen molar-refractivity contribution in [1.82, 2.24) is 15.0 Å². The molecule has 2 aromatic heterocycles. The summed E-state index contributed by atoms with van der Waals surface area (Å²) < 4.78 is 58.0. The normalized spacial score (nSPS) is 14.8. The fourth-order valence-corrected chi connectivity index (χ4v) is 4.43. The fraction of sp³-hybridized carbons (Fsp3) is 0.458. The molecule has 0 spiro atoms. The van der Waals surface area contributed by atoms with E-state index in [2.05, 4.69) is 20.3 Å². The monoisotopic (exact) mass is 494 g/mol. The Hall–Kier alpha value is -2.51. The standard InChI is InChI=1S/C24H30F3N4O2P/c1-13(15-9-8-10-17(20(15)25)24(26,27)22(32)23(3,4)5)29-21-16-11-19(34(6,7)33)28-12-18(16)30-14(2)31-21/h8-13,22,32H,1-7H3,(H,29,30,31). The summed E-state index contributed by atoms with van der Waals surface area (Å²) in [6.07, 6.45) is -0.573. The van der Waals surface area contributed by atoms with Crippen LogP contribution in [0.5, 0.6) is 0 Å². The van der Waals surface area contributed by atoms with Crippen LogP contribution in [0.4, 0.5) is 19.0 Å². The van der Waals surface area contributed by atoms with E-state index in [-0.39, 0.29) is 5.56 Å². The van der Waals surface area contributed by atoms with Gasteiger partial charge in [0.05, 0.1) is 23.3 Å². The van der Waals surface area contributed by atoms with Gasteiger partial charge in [-0.3, -0.25) is 4.98 Å². The predicted octanol–water partition coefficient (Wildman–Crippen LogP) is 5.39. The molecule has 3 aromatic rings. The number of anilines is 1. The quantitative estimate of drug-likeness (QED) is 0.447. The van der Waals surface area contributed by atoms with E-state index in [9.17, 15) is 9.67 Å². The lowest BCUT2D eigenvalue weighted by molar-refractivity contribution is -0.157. The van der Waals surface area contributed by atoms with Crippen molar-refractivity contribution in [2.75, 3.05) is 18.6 Å². The Kier molecular flexibility index (Phi) is 6.86. The van der Waals surface area contributed by atoms with Crippen LogP contribution >= 0.6 is 7.14 Å². The van der Waals surface area contributed by atoms with Gasteiger partial charge in [0.1, 0.15) is 36.1 Å². The van der Waals surface area contributed by atoms with Crippen molar-refractivity contribution >= 4 is 29.3 Å². The van der Waals surface area contributed by atoms with Crippen molar-refractivity contribution in [2.45, 2.75) is 52.7 Å². The highest BCUT2D eigenvalue weighted by atomic mass is 31.2. The first-order valence-corrected chi connectivity index (χ1v) is 13.4. The minimum absolute atomic E-state index is 0.00589. The van der Waals surface area contributed by atoms with E-state index in [1.165, 1.54) is 39.1 Å². The lowest BCUT2D eigenvalue weighted by Gasteiger charge is -2.33. The Morgan fingerprint density at radius 3 is 2.38 bits per heavy atom. The summed E-state index contributed by atoms with van der Waals surface area (Å²) in [5.74, 6) is -4.11. The number of halogens is 3. The highest BCUT2D eigenvalue weighted by Crippen LogP contribution is 2.42. The van der Waals surface area contributed by atoms with Crippen LogP contribution in [0.1, 0.15) is 50.7 Å². The second-order valence-electron chi connectivity index (χ2n) is 10.00. The first kappa shape index (κ1) is 26.1. The number of aliphatic hydroxyl groups excluding tert-OH is 1. The summed E-state index contributed by atoms with van der Waals surface area (Å²) in [7, 11) is -2.66. The second kappa shape index (κ2) is 8.93. The summed E-state index contributed by atoms with van der Waals surface area (Å²) in [5.41, 5.74) is -1.12. The number of aryl methyl sites for hydroxylation is 1. The number of nitrogens with one attached hydrogen (secondary N) is 1. The third-order valence-corrected chi connectivity index (χ3v) is 6.95. The van der Waals surface area contributed by atoms with E-state index in [1.54, 1.807) is 33.2 Å². The lowest BCUT2D eigenvalue weighted by Crippen LogP contribution is -2.41.